The standard InChI is InChI=1S/C18H34O3/c1-14(2)11-17(6,20-8)9-10-18(7,12-15(3)4)21-13-16(5)19/h9-10,14-15H,11-13H2,1-8H3. The number of carbonyl (C=O) groups excluding carboxylic acids is 1. The summed E-state index contributed by atoms with van der Waals surface area (Å²) >= 11 is 0. The van der Waals surface area contributed by atoms with Gasteiger partial charge in [-0.05, 0) is 45.4 Å². The van der Waals surface area contributed by atoms with E-state index < -0.39 is 5.60 Å². The molecule has 0 aromatic carbocycles. The number of hydrogen-bond donors (Lipinski definition) is 0. The van der Waals surface area contributed by atoms with Crippen molar-refractivity contribution in [3.05, 3.63) is 12.2 Å². The van der Waals surface area contributed by atoms with Crippen LogP contribution in [0.25, 0.3) is 0 Å². The van der Waals surface area contributed by atoms with Crippen LogP contribution in [0.5, 0.6) is 0 Å². The van der Waals surface area contributed by atoms with Gasteiger partial charge in [0.2, 0.25) is 0 Å². The van der Waals surface area contributed by atoms with Crippen molar-refractivity contribution in [3.8, 4) is 0 Å². The summed E-state index contributed by atoms with van der Waals surface area (Å²) in [5.41, 5.74) is -0.734. The van der Waals surface area contributed by atoms with Gasteiger partial charge in [0.05, 0.1) is 11.2 Å². The van der Waals surface area contributed by atoms with E-state index in [0.717, 1.165) is 12.8 Å². The maximum Gasteiger partial charge on any atom is 0.155 e. The molecule has 0 aromatic rings. The van der Waals surface area contributed by atoms with E-state index in [9.17, 15) is 4.79 Å². The molecule has 0 saturated heterocycles. The molecular formula is C18H34O3. The van der Waals surface area contributed by atoms with Crippen molar-refractivity contribution in [1.29, 1.82) is 0 Å². The molecule has 2 atom stereocenters. The van der Waals surface area contributed by atoms with Crippen molar-refractivity contribution in [1.82, 2.24) is 0 Å². The number of Topliss-reactive ketones (excluding diaryl/α,β-unsaturated/α-hetero) is 1. The Morgan fingerprint density at radius 1 is 1.00 bits per heavy atom. The molecule has 0 aliphatic heterocycles. The smallest absolute Gasteiger partial charge is 0.155 e. The Hall–Kier alpha value is -0.670. The Labute approximate surface area is 131 Å². The summed E-state index contributed by atoms with van der Waals surface area (Å²) < 4.78 is 11.5. The predicted molar refractivity (Wildman–Crippen MR) is 88.5 cm³/mol. The highest BCUT2D eigenvalue weighted by Crippen LogP contribution is 2.27. The molecule has 21 heavy (non-hydrogen) atoms. The van der Waals surface area contributed by atoms with Crippen molar-refractivity contribution < 1.29 is 14.3 Å². The topological polar surface area (TPSA) is 35.5 Å². The van der Waals surface area contributed by atoms with Gasteiger partial charge in [0, 0.05) is 7.11 Å². The Bertz CT molecular complexity index is 346. The van der Waals surface area contributed by atoms with E-state index in [1.54, 1.807) is 14.0 Å². The minimum Gasteiger partial charge on any atom is -0.374 e. The van der Waals surface area contributed by atoms with Crippen LogP contribution in [0.4, 0.5) is 0 Å². The SMILES string of the molecule is COC(C)(C=CC(C)(CC(C)C)OCC(C)=O)CC(C)C. The molecule has 0 N–H and O–H groups in total. The molecule has 3 nitrogen and oxygen atoms in total. The molecule has 0 heterocycles. The first-order chi connectivity index (χ1) is 9.52. The number of carbonyl (C=O) groups is 1. The molecule has 0 bridgehead atoms. The van der Waals surface area contributed by atoms with Crippen molar-refractivity contribution in [3.63, 3.8) is 0 Å². The molecule has 124 valence electrons. The molecule has 0 fully saturated rings. The molecule has 2 unspecified atom stereocenters. The zero-order chi connectivity index (χ0) is 16.7. The zero-order valence-corrected chi connectivity index (χ0v) is 15.2. The highest BCUT2D eigenvalue weighted by Gasteiger charge is 2.27. The van der Waals surface area contributed by atoms with Crippen LogP contribution in [-0.2, 0) is 14.3 Å². The number of ketones is 1. The lowest BCUT2D eigenvalue weighted by Gasteiger charge is -2.31. The Balaban J connectivity index is 5.07. The maximum absolute atomic E-state index is 11.2. The maximum atomic E-state index is 11.2. The lowest BCUT2D eigenvalue weighted by molar-refractivity contribution is -0.126. The van der Waals surface area contributed by atoms with E-state index in [4.69, 9.17) is 9.47 Å². The van der Waals surface area contributed by atoms with Crippen LogP contribution in [0.1, 0.15) is 61.3 Å². The van der Waals surface area contributed by atoms with Gasteiger partial charge in [-0.2, -0.15) is 0 Å². The van der Waals surface area contributed by atoms with E-state index in [1.165, 1.54) is 0 Å². The lowest BCUT2D eigenvalue weighted by atomic mass is 9.88. The van der Waals surface area contributed by atoms with Crippen LogP contribution in [0, 0.1) is 11.8 Å². The molecule has 0 spiro atoms. The summed E-state index contributed by atoms with van der Waals surface area (Å²) in [5.74, 6) is 1.09. The summed E-state index contributed by atoms with van der Waals surface area (Å²) in [6, 6.07) is 0. The zero-order valence-electron chi connectivity index (χ0n) is 15.2. The molecule has 0 aliphatic carbocycles. The van der Waals surface area contributed by atoms with Gasteiger partial charge in [-0.3, -0.25) is 4.79 Å². The van der Waals surface area contributed by atoms with Gasteiger partial charge in [-0.1, -0.05) is 39.8 Å². The third-order valence-electron chi connectivity index (χ3n) is 3.49. The third-order valence-corrected chi connectivity index (χ3v) is 3.49. The minimum atomic E-state index is -0.434. The van der Waals surface area contributed by atoms with Crippen molar-refractivity contribution in [2.45, 2.75) is 72.5 Å². The van der Waals surface area contributed by atoms with Crippen LogP contribution in [-0.4, -0.2) is 30.7 Å². The van der Waals surface area contributed by atoms with Crippen LogP contribution in [0.15, 0.2) is 12.2 Å². The van der Waals surface area contributed by atoms with E-state index in [-0.39, 0.29) is 18.0 Å². The Morgan fingerprint density at radius 3 is 1.81 bits per heavy atom. The van der Waals surface area contributed by atoms with Gasteiger partial charge < -0.3 is 9.47 Å². The van der Waals surface area contributed by atoms with Gasteiger partial charge in [-0.15, -0.1) is 0 Å². The van der Waals surface area contributed by atoms with E-state index >= 15 is 0 Å². The summed E-state index contributed by atoms with van der Waals surface area (Å²) in [7, 11) is 1.74. The Morgan fingerprint density at radius 2 is 1.43 bits per heavy atom. The molecular weight excluding hydrogens is 264 g/mol. The van der Waals surface area contributed by atoms with Gasteiger partial charge in [0.15, 0.2) is 5.78 Å². The Kier molecular flexibility index (Phi) is 8.42. The molecule has 0 aliphatic rings. The number of ether oxygens (including phenoxy) is 2. The average molecular weight is 298 g/mol. The third kappa shape index (κ3) is 9.05. The largest absolute Gasteiger partial charge is 0.374 e. The molecule has 0 aromatic heterocycles. The monoisotopic (exact) mass is 298 g/mol. The van der Waals surface area contributed by atoms with Crippen molar-refractivity contribution >= 4 is 5.78 Å². The lowest BCUT2D eigenvalue weighted by Crippen LogP contribution is -2.33. The summed E-state index contributed by atoms with van der Waals surface area (Å²) in [6.45, 7) is 14.5. The quantitative estimate of drug-likeness (QED) is 0.561. The average Bonchev–Trinajstić information content (AvgIpc) is 2.33. The van der Waals surface area contributed by atoms with Gasteiger partial charge in [-0.25, -0.2) is 0 Å². The first-order valence-electron chi connectivity index (χ1n) is 7.91. The highest BCUT2D eigenvalue weighted by molar-refractivity contribution is 5.76. The fourth-order valence-electron chi connectivity index (χ4n) is 2.63. The van der Waals surface area contributed by atoms with E-state index in [0.29, 0.717) is 11.8 Å². The minimum absolute atomic E-state index is 0.0510. The highest BCUT2D eigenvalue weighted by atomic mass is 16.5. The second-order valence-corrected chi connectivity index (χ2v) is 7.35. The van der Waals surface area contributed by atoms with Crippen LogP contribution < -0.4 is 0 Å². The first-order valence-corrected chi connectivity index (χ1v) is 7.91. The summed E-state index contributed by atoms with van der Waals surface area (Å²) in [4.78, 5) is 11.2. The normalized spacial score (nSPS) is 18.2. The van der Waals surface area contributed by atoms with Gasteiger partial charge >= 0.3 is 0 Å². The van der Waals surface area contributed by atoms with Crippen LogP contribution in [0.3, 0.4) is 0 Å². The first kappa shape index (κ1) is 20.3. The van der Waals surface area contributed by atoms with Crippen molar-refractivity contribution in [2.24, 2.45) is 11.8 Å². The van der Waals surface area contributed by atoms with E-state index in [2.05, 4.69) is 46.8 Å². The van der Waals surface area contributed by atoms with Crippen molar-refractivity contribution in [2.75, 3.05) is 13.7 Å². The number of rotatable bonds is 10. The summed E-state index contributed by atoms with van der Waals surface area (Å²) in [5, 5.41) is 0. The fraction of sp³-hybridized carbons (Fsp3) is 0.833. The number of hydrogen-bond acceptors (Lipinski definition) is 3. The molecule has 0 saturated carbocycles. The summed E-state index contributed by atoms with van der Waals surface area (Å²) in [6.07, 6.45) is 5.99. The van der Waals surface area contributed by atoms with Gasteiger partial charge in [0.25, 0.3) is 0 Å². The fourth-order valence-corrected chi connectivity index (χ4v) is 2.63. The number of methoxy groups -OCH3 is 1. The second-order valence-electron chi connectivity index (χ2n) is 7.35. The molecule has 0 rings (SSSR count). The molecule has 0 amide bonds. The van der Waals surface area contributed by atoms with Gasteiger partial charge in [0.1, 0.15) is 6.61 Å². The predicted octanol–water partition coefficient (Wildman–Crippen LogP) is 4.40. The molecule has 3 heteroatoms. The van der Waals surface area contributed by atoms with Crippen LogP contribution >= 0.6 is 0 Å². The van der Waals surface area contributed by atoms with E-state index in [1.807, 2.05) is 6.92 Å². The second kappa shape index (κ2) is 8.70. The van der Waals surface area contributed by atoms with Crippen LogP contribution in [0.2, 0.25) is 0 Å². The molecule has 0 radical (unpaired) electrons.